The summed E-state index contributed by atoms with van der Waals surface area (Å²) < 4.78 is 17.3. The topological polar surface area (TPSA) is 84.9 Å². The van der Waals surface area contributed by atoms with Crippen LogP contribution in [0.4, 0.5) is 11.8 Å². The number of morpholine rings is 2. The molecule has 1 N–H and O–H groups in total. The largest absolute Gasteiger partial charge is 0.496 e. The predicted octanol–water partition coefficient (Wildman–Crippen LogP) is 5.75. The Kier molecular flexibility index (Phi) is 9.16. The Morgan fingerprint density at radius 2 is 1.65 bits per heavy atom. The fourth-order valence-corrected chi connectivity index (χ4v) is 6.19. The average Bonchev–Trinajstić information content (AvgIpc) is 3.01. The van der Waals surface area contributed by atoms with E-state index in [1.54, 1.807) is 13.2 Å². The van der Waals surface area contributed by atoms with E-state index in [9.17, 15) is 0 Å². The van der Waals surface area contributed by atoms with Gasteiger partial charge in [-0.1, -0.05) is 29.3 Å². The van der Waals surface area contributed by atoms with E-state index in [0.29, 0.717) is 47.9 Å². The zero-order valence-electron chi connectivity index (χ0n) is 24.6. The number of hydrogen-bond acceptors (Lipinski definition) is 9. The van der Waals surface area contributed by atoms with Crippen molar-refractivity contribution in [3.63, 3.8) is 0 Å². The number of nitrogens with one attached hydrogen (secondary N) is 1. The van der Waals surface area contributed by atoms with Gasteiger partial charge in [0.2, 0.25) is 5.95 Å². The molecular weight excluding hydrogens is 587 g/mol. The van der Waals surface area contributed by atoms with E-state index < -0.39 is 0 Å². The van der Waals surface area contributed by atoms with E-state index in [-0.39, 0.29) is 12.2 Å². The van der Waals surface area contributed by atoms with Gasteiger partial charge in [-0.25, -0.2) is 4.98 Å². The van der Waals surface area contributed by atoms with Gasteiger partial charge in [-0.3, -0.25) is 0 Å². The molecule has 43 heavy (non-hydrogen) atoms. The number of halogens is 2. The highest BCUT2D eigenvalue weighted by Gasteiger charge is 2.27. The third-order valence-corrected chi connectivity index (χ3v) is 8.35. The minimum atomic E-state index is 0.0937. The van der Waals surface area contributed by atoms with Crippen molar-refractivity contribution in [3.05, 3.63) is 69.7 Å². The molecule has 4 aromatic rings. The van der Waals surface area contributed by atoms with Crippen molar-refractivity contribution in [3.8, 4) is 17.0 Å². The smallest absolute Gasteiger partial charge is 0.229 e. The molecule has 6 rings (SSSR count). The number of fused-ring (bicyclic) bond motifs is 1. The fourth-order valence-electron chi connectivity index (χ4n) is 5.72. The van der Waals surface area contributed by atoms with Gasteiger partial charge in [0.15, 0.2) is 5.65 Å². The number of methoxy groups -OCH3 is 1. The maximum absolute atomic E-state index is 6.37. The minimum Gasteiger partial charge on any atom is -0.496 e. The summed E-state index contributed by atoms with van der Waals surface area (Å²) in [5.41, 5.74) is 4.47. The number of nitrogens with zero attached hydrogens (tertiary/aromatic N) is 5. The first-order valence-electron chi connectivity index (χ1n) is 14.6. The van der Waals surface area contributed by atoms with Gasteiger partial charge < -0.3 is 29.3 Å². The van der Waals surface area contributed by atoms with Gasteiger partial charge in [0.25, 0.3) is 0 Å². The van der Waals surface area contributed by atoms with Crippen LogP contribution in [0.2, 0.25) is 10.0 Å². The molecule has 2 atom stereocenters. The van der Waals surface area contributed by atoms with Crippen LogP contribution >= 0.6 is 23.2 Å². The highest BCUT2D eigenvalue weighted by Crippen LogP contribution is 2.32. The summed E-state index contributed by atoms with van der Waals surface area (Å²) in [4.78, 5) is 19.6. The lowest BCUT2D eigenvalue weighted by Crippen LogP contribution is -2.46. The number of benzene rings is 2. The van der Waals surface area contributed by atoms with Crippen molar-refractivity contribution in [2.45, 2.75) is 39.1 Å². The quantitative estimate of drug-likeness (QED) is 0.264. The second kappa shape index (κ2) is 13.2. The number of hydrogen-bond donors (Lipinski definition) is 1. The molecule has 0 saturated carbocycles. The number of rotatable bonds is 8. The number of aromatic nitrogens is 3. The molecule has 2 aromatic carbocycles. The van der Waals surface area contributed by atoms with Crippen molar-refractivity contribution in [2.24, 2.45) is 0 Å². The van der Waals surface area contributed by atoms with E-state index >= 15 is 0 Å². The molecule has 2 fully saturated rings. The van der Waals surface area contributed by atoms with Crippen LogP contribution in [0.5, 0.6) is 5.75 Å². The fraction of sp³-hybridized carbons (Fsp3) is 0.406. The highest BCUT2D eigenvalue weighted by molar-refractivity contribution is 6.35. The lowest BCUT2D eigenvalue weighted by atomic mass is 10.1. The zero-order chi connectivity index (χ0) is 29.9. The number of anilines is 2. The highest BCUT2D eigenvalue weighted by atomic mass is 35.5. The molecule has 0 spiro atoms. The molecule has 4 heterocycles. The summed E-state index contributed by atoms with van der Waals surface area (Å²) in [7, 11) is 1.68. The summed E-state index contributed by atoms with van der Waals surface area (Å²) in [6, 6.07) is 15.8. The predicted molar refractivity (Wildman–Crippen MR) is 172 cm³/mol. The van der Waals surface area contributed by atoms with Gasteiger partial charge in [-0.2, -0.15) is 9.97 Å². The Bertz CT molecular complexity index is 1590. The lowest BCUT2D eigenvalue weighted by Gasteiger charge is -2.36. The van der Waals surface area contributed by atoms with Crippen LogP contribution in [0.3, 0.4) is 0 Å². The van der Waals surface area contributed by atoms with E-state index in [1.165, 1.54) is 0 Å². The van der Waals surface area contributed by atoms with Crippen molar-refractivity contribution in [1.29, 1.82) is 0 Å². The molecule has 9 nitrogen and oxygen atoms in total. The lowest BCUT2D eigenvalue weighted by molar-refractivity contribution is -0.00570. The van der Waals surface area contributed by atoms with E-state index in [1.807, 2.05) is 30.3 Å². The molecule has 0 radical (unpaired) electrons. The summed E-state index contributed by atoms with van der Waals surface area (Å²) in [5, 5.41) is 5.66. The van der Waals surface area contributed by atoms with E-state index in [0.717, 1.165) is 65.5 Å². The molecule has 2 aliphatic heterocycles. The zero-order valence-corrected chi connectivity index (χ0v) is 26.2. The maximum atomic E-state index is 6.37. The Hall–Kier alpha value is -3.21. The second-order valence-electron chi connectivity index (χ2n) is 11.0. The average molecular weight is 624 g/mol. The van der Waals surface area contributed by atoms with E-state index in [4.69, 9.17) is 52.4 Å². The second-order valence-corrected chi connectivity index (χ2v) is 11.9. The van der Waals surface area contributed by atoms with Gasteiger partial charge in [0.05, 0.1) is 43.6 Å². The Morgan fingerprint density at radius 3 is 2.40 bits per heavy atom. The Balaban J connectivity index is 1.32. The van der Waals surface area contributed by atoms with Crippen LogP contribution in [-0.2, 0) is 22.6 Å². The molecule has 0 aliphatic carbocycles. The molecule has 2 aromatic heterocycles. The SMILES string of the molecule is COc1ccc(-c2ccc3c(N4CCOCC4)nc(N4C[C@@H](C)O[C@@H](C)C4)nc3n2)cc1CNCc1ccc(Cl)cc1Cl. The van der Waals surface area contributed by atoms with Gasteiger partial charge in [0, 0.05) is 60.4 Å². The summed E-state index contributed by atoms with van der Waals surface area (Å²) in [6.45, 7) is 9.72. The first kappa shape index (κ1) is 29.8. The van der Waals surface area contributed by atoms with Crippen LogP contribution in [0.15, 0.2) is 48.5 Å². The normalized spacial score (nSPS) is 19.2. The van der Waals surface area contributed by atoms with Gasteiger partial charge in [0.1, 0.15) is 11.6 Å². The third kappa shape index (κ3) is 6.81. The molecule has 2 saturated heterocycles. The maximum Gasteiger partial charge on any atom is 0.229 e. The van der Waals surface area contributed by atoms with Crippen molar-refractivity contribution in [1.82, 2.24) is 20.3 Å². The van der Waals surface area contributed by atoms with Crippen LogP contribution in [0.25, 0.3) is 22.3 Å². The molecule has 0 bridgehead atoms. The monoisotopic (exact) mass is 622 g/mol. The summed E-state index contributed by atoms with van der Waals surface area (Å²) in [5.74, 6) is 2.38. The summed E-state index contributed by atoms with van der Waals surface area (Å²) in [6.07, 6.45) is 0.187. The molecule has 226 valence electrons. The first-order chi connectivity index (χ1) is 20.9. The van der Waals surface area contributed by atoms with Crippen LogP contribution < -0.4 is 19.9 Å². The van der Waals surface area contributed by atoms with Crippen molar-refractivity contribution in [2.75, 3.05) is 56.3 Å². The molecule has 0 unspecified atom stereocenters. The Labute approximate surface area is 262 Å². The first-order valence-corrected chi connectivity index (χ1v) is 15.4. The molecule has 11 heteroatoms. The molecule has 0 amide bonds. The number of pyridine rings is 1. The Morgan fingerprint density at radius 1 is 0.884 bits per heavy atom. The van der Waals surface area contributed by atoms with Crippen LogP contribution in [0, 0.1) is 0 Å². The van der Waals surface area contributed by atoms with Gasteiger partial charge >= 0.3 is 0 Å². The standard InChI is InChI=1S/C32H36Cl2N6O3/c1-20-18-40(19-21(2)43-20)32-37-30-26(31(38-32)39-10-12-42-13-11-39)7-8-28(36-30)22-5-9-29(41-3)24(14-22)17-35-16-23-4-6-25(33)15-27(23)34/h4-9,14-15,20-21,35H,10-13,16-19H2,1-3H3/t20-,21+. The third-order valence-electron chi connectivity index (χ3n) is 7.76. The van der Waals surface area contributed by atoms with Crippen molar-refractivity contribution < 1.29 is 14.2 Å². The van der Waals surface area contributed by atoms with Crippen molar-refractivity contribution >= 4 is 46.0 Å². The molecular formula is C32H36Cl2N6O3. The van der Waals surface area contributed by atoms with Crippen LogP contribution in [0.1, 0.15) is 25.0 Å². The molecule has 2 aliphatic rings. The van der Waals surface area contributed by atoms with Gasteiger partial charge in [-0.05, 0) is 61.9 Å². The van der Waals surface area contributed by atoms with E-state index in [2.05, 4.69) is 41.1 Å². The number of ether oxygens (including phenoxy) is 3. The minimum absolute atomic E-state index is 0.0937. The van der Waals surface area contributed by atoms with Gasteiger partial charge in [-0.15, -0.1) is 0 Å². The summed E-state index contributed by atoms with van der Waals surface area (Å²) >= 11 is 12.4. The van der Waals surface area contributed by atoms with Crippen LogP contribution in [-0.4, -0.2) is 73.7 Å².